The van der Waals surface area contributed by atoms with E-state index in [0.29, 0.717) is 0 Å². The van der Waals surface area contributed by atoms with Crippen molar-refractivity contribution in [1.82, 2.24) is 9.97 Å². The molecule has 9 aromatic rings. The average Bonchev–Trinajstić information content (AvgIpc) is 3.28. The largest absolute Gasteiger partial charge is 0.309 e. The van der Waals surface area contributed by atoms with E-state index in [9.17, 15) is 0 Å². The number of hydrogen-bond acceptors (Lipinski definition) is 5. The third-order valence-corrected chi connectivity index (χ3v) is 12.0. The van der Waals surface area contributed by atoms with Gasteiger partial charge >= 0.3 is 0 Å². The van der Waals surface area contributed by atoms with Gasteiger partial charge in [0.25, 0.3) is 0 Å². The Kier molecular flexibility index (Phi) is 7.05. The summed E-state index contributed by atoms with van der Waals surface area (Å²) in [5.74, 6) is 0. The lowest BCUT2D eigenvalue weighted by molar-refractivity contribution is 1.15. The van der Waals surface area contributed by atoms with Crippen molar-refractivity contribution >= 4 is 108 Å². The van der Waals surface area contributed by atoms with E-state index in [1.54, 1.807) is 12.4 Å². The fourth-order valence-corrected chi connectivity index (χ4v) is 9.78. The van der Waals surface area contributed by atoms with Crippen LogP contribution in [0.2, 0.25) is 0 Å². The summed E-state index contributed by atoms with van der Waals surface area (Å²) < 4.78 is 0. The van der Waals surface area contributed by atoms with Gasteiger partial charge in [-0.1, -0.05) is 149 Å². The highest BCUT2D eigenvalue weighted by Crippen LogP contribution is 2.59. The van der Waals surface area contributed by atoms with Crippen molar-refractivity contribution in [3.63, 3.8) is 0 Å². The van der Waals surface area contributed by atoms with E-state index in [1.165, 1.54) is 44.2 Å². The van der Waals surface area contributed by atoms with Crippen LogP contribution in [0.25, 0.3) is 11.0 Å². The number of para-hydroxylation sites is 6. The van der Waals surface area contributed by atoms with Crippen LogP contribution in [0.3, 0.4) is 0 Å². The van der Waals surface area contributed by atoms with Crippen LogP contribution < -0.4 is 47.5 Å². The predicted octanol–water partition coefficient (Wildman–Crippen LogP) is 8.01. The van der Waals surface area contributed by atoms with Gasteiger partial charge in [0.2, 0.25) is 13.4 Å². The van der Waals surface area contributed by atoms with Gasteiger partial charge in [0, 0.05) is 29.5 Å². The first-order valence-corrected chi connectivity index (χ1v) is 19.6. The molecule has 0 saturated carbocycles. The number of anilines is 9. The highest BCUT2D eigenvalue weighted by Gasteiger charge is 2.48. The van der Waals surface area contributed by atoms with Crippen molar-refractivity contribution in [3.05, 3.63) is 200 Å². The van der Waals surface area contributed by atoms with E-state index in [4.69, 9.17) is 9.97 Å². The van der Waals surface area contributed by atoms with Gasteiger partial charge in [-0.2, -0.15) is 0 Å². The van der Waals surface area contributed by atoms with Crippen LogP contribution in [0.4, 0.5) is 51.2 Å². The second-order valence-corrected chi connectivity index (χ2v) is 14.9. The molecule has 0 atom stereocenters. The van der Waals surface area contributed by atoms with Crippen molar-refractivity contribution in [2.75, 3.05) is 14.7 Å². The van der Waals surface area contributed by atoms with Crippen molar-refractivity contribution in [3.8, 4) is 0 Å². The van der Waals surface area contributed by atoms with Gasteiger partial charge in [-0.05, 0) is 71.6 Å². The van der Waals surface area contributed by atoms with E-state index in [-0.39, 0.29) is 13.4 Å². The molecule has 8 aromatic carbocycles. The molecule has 0 bridgehead atoms. The lowest BCUT2D eigenvalue weighted by Crippen LogP contribution is -2.76. The molecule has 5 nitrogen and oxygen atoms in total. The Bertz CT molecular complexity index is 3000. The molecule has 0 N–H and O–H groups in total. The highest BCUT2D eigenvalue weighted by molar-refractivity contribution is 7.12. The number of rotatable bonds is 4. The maximum Gasteiger partial charge on any atom is 0.245 e. The molecule has 57 heavy (non-hydrogen) atoms. The molecule has 0 saturated heterocycles. The quantitative estimate of drug-likeness (QED) is 0.172. The van der Waals surface area contributed by atoms with E-state index in [0.717, 1.165) is 50.8 Å². The molecule has 3 aliphatic heterocycles. The Balaban J connectivity index is 1.30. The summed E-state index contributed by atoms with van der Waals surface area (Å²) in [5.41, 5.74) is 19.6. The van der Waals surface area contributed by atoms with E-state index < -0.39 is 0 Å². The zero-order valence-electron chi connectivity index (χ0n) is 30.9. The zero-order chi connectivity index (χ0) is 37.5. The van der Waals surface area contributed by atoms with Crippen LogP contribution in [0.1, 0.15) is 0 Å². The lowest BCUT2D eigenvalue weighted by atomic mass is 9.20. The summed E-state index contributed by atoms with van der Waals surface area (Å²) in [6.45, 7) is 0.0105. The summed E-state index contributed by atoms with van der Waals surface area (Å²) in [6, 6.07) is 68.6. The van der Waals surface area contributed by atoms with Gasteiger partial charge < -0.3 is 14.7 Å². The maximum absolute atomic E-state index is 4.99. The van der Waals surface area contributed by atoms with Crippen molar-refractivity contribution in [1.29, 1.82) is 0 Å². The molecule has 7 heteroatoms. The highest BCUT2D eigenvalue weighted by atomic mass is 15.3. The molecule has 3 aliphatic rings. The number of hydrogen-bond donors (Lipinski definition) is 0. The normalized spacial score (nSPS) is 13.4. The maximum atomic E-state index is 4.99. The monoisotopic (exact) mass is 725 g/mol. The van der Waals surface area contributed by atoms with Crippen molar-refractivity contribution < 1.29 is 0 Å². The molecule has 1 aromatic heterocycles. The van der Waals surface area contributed by atoms with Crippen LogP contribution in [-0.2, 0) is 0 Å². The summed E-state index contributed by atoms with van der Waals surface area (Å²) in [7, 11) is 0. The molecular weight excluding hydrogens is 692 g/mol. The Morgan fingerprint density at radius 3 is 1.58 bits per heavy atom. The topological polar surface area (TPSA) is 35.5 Å². The molecule has 0 spiro atoms. The molecule has 0 fully saturated rings. The van der Waals surface area contributed by atoms with Crippen molar-refractivity contribution in [2.24, 2.45) is 0 Å². The Labute approximate surface area is 332 Å². The SMILES string of the molecule is c1ccc(B2c3ccccc3B3c4ccccc4N(c4ccccc4)c4c3c2cc2c4N(c3ccccc3)c3ccccc3N2c2cccc3nccnc23)cc1. The average molecular weight is 725 g/mol. The van der Waals surface area contributed by atoms with E-state index in [1.807, 2.05) is 0 Å². The zero-order valence-corrected chi connectivity index (χ0v) is 30.9. The number of fused-ring (bicyclic) bond motifs is 8. The van der Waals surface area contributed by atoms with Gasteiger partial charge in [-0.3, -0.25) is 9.97 Å². The molecule has 12 rings (SSSR count). The summed E-state index contributed by atoms with van der Waals surface area (Å²) in [4.78, 5) is 17.2. The minimum atomic E-state index is -0.00269. The Hall–Kier alpha value is -7.37. The van der Waals surface area contributed by atoms with Gasteiger partial charge in [0.1, 0.15) is 5.52 Å². The van der Waals surface area contributed by atoms with Gasteiger partial charge in [0.05, 0.1) is 39.6 Å². The van der Waals surface area contributed by atoms with Crippen LogP contribution in [0, 0.1) is 0 Å². The van der Waals surface area contributed by atoms with E-state index >= 15 is 0 Å². The second-order valence-electron chi connectivity index (χ2n) is 14.9. The number of nitrogens with zero attached hydrogens (tertiary/aromatic N) is 5. The first-order valence-electron chi connectivity index (χ1n) is 19.6. The van der Waals surface area contributed by atoms with Gasteiger partial charge in [0.15, 0.2) is 0 Å². The second kappa shape index (κ2) is 12.6. The fourth-order valence-electron chi connectivity index (χ4n) is 9.78. The molecule has 264 valence electrons. The summed E-state index contributed by atoms with van der Waals surface area (Å²) in [5, 5.41) is 0. The van der Waals surface area contributed by atoms with Gasteiger partial charge in [-0.25, -0.2) is 0 Å². The van der Waals surface area contributed by atoms with Gasteiger partial charge in [-0.15, -0.1) is 0 Å². The van der Waals surface area contributed by atoms with Crippen LogP contribution in [-0.4, -0.2) is 23.4 Å². The number of aromatic nitrogens is 2. The smallest absolute Gasteiger partial charge is 0.245 e. The van der Waals surface area contributed by atoms with Crippen LogP contribution >= 0.6 is 0 Å². The molecular formula is C50H33B2N5. The number of benzene rings is 8. The van der Waals surface area contributed by atoms with E-state index in [2.05, 4.69) is 203 Å². The van der Waals surface area contributed by atoms with Crippen molar-refractivity contribution in [2.45, 2.75) is 0 Å². The lowest BCUT2D eigenvalue weighted by Gasteiger charge is -2.48. The first-order chi connectivity index (χ1) is 28.3. The summed E-state index contributed by atoms with van der Waals surface area (Å²) >= 11 is 0. The molecule has 0 aliphatic carbocycles. The Morgan fingerprint density at radius 2 is 0.877 bits per heavy atom. The third kappa shape index (κ3) is 4.66. The predicted molar refractivity (Wildman–Crippen MR) is 239 cm³/mol. The summed E-state index contributed by atoms with van der Waals surface area (Å²) in [6.07, 6.45) is 3.58. The van der Waals surface area contributed by atoms with Crippen LogP contribution in [0.5, 0.6) is 0 Å². The first kappa shape index (κ1) is 31.9. The minimum Gasteiger partial charge on any atom is -0.309 e. The van der Waals surface area contributed by atoms with Crippen LogP contribution in [0.15, 0.2) is 200 Å². The molecule has 0 radical (unpaired) electrons. The standard InChI is InChI=1S/C50H33B2N5/c1-4-17-34(18-5-1)51-37-23-10-11-24-38(37)52-39-25-12-13-27-42(39)55(35-19-6-2-7-20-35)50-47(52)40(51)33-46-49(50)56(36-21-8-3-9-22-36)43-28-14-15-29-44(43)57(46)45-30-16-26-41-48(45)54-32-31-53-41/h1-33H. The minimum absolute atomic E-state index is 0.00269. The third-order valence-electron chi connectivity index (χ3n) is 12.0. The fraction of sp³-hybridized carbons (Fsp3) is 0. The Morgan fingerprint density at radius 1 is 0.351 bits per heavy atom. The molecule has 0 amide bonds. The molecule has 0 unspecified atom stereocenters. The molecule has 4 heterocycles.